The molecule has 1 aromatic rings. The summed E-state index contributed by atoms with van der Waals surface area (Å²) >= 11 is 0. The van der Waals surface area contributed by atoms with Gasteiger partial charge in [-0.25, -0.2) is 13.6 Å². The first-order valence-corrected chi connectivity index (χ1v) is 6.26. The van der Waals surface area contributed by atoms with Crippen molar-refractivity contribution < 1.29 is 18.1 Å². The Morgan fingerprint density at radius 3 is 2.47 bits per heavy atom. The van der Waals surface area contributed by atoms with Crippen LogP contribution in [-0.2, 0) is 10.0 Å². The molecular formula is C9H12N2O5S. The molecule has 0 fully saturated rings. The number of rotatable bonds is 4. The summed E-state index contributed by atoms with van der Waals surface area (Å²) in [6.07, 6.45) is 0. The van der Waals surface area contributed by atoms with Crippen molar-refractivity contribution in [3.63, 3.8) is 0 Å². The Balaban J connectivity index is 3.51. The average Bonchev–Trinajstić information content (AvgIpc) is 2.15. The monoisotopic (exact) mass is 260 g/mol. The van der Waals surface area contributed by atoms with Crippen LogP contribution in [0.5, 0.6) is 5.75 Å². The Labute approximate surface area is 98.4 Å². The number of nitrogens with two attached hydrogens (primary N) is 1. The van der Waals surface area contributed by atoms with Crippen molar-refractivity contribution in [1.29, 1.82) is 0 Å². The lowest BCUT2D eigenvalue weighted by Gasteiger charge is -2.08. The van der Waals surface area contributed by atoms with E-state index < -0.39 is 20.6 Å². The molecule has 8 heteroatoms. The van der Waals surface area contributed by atoms with E-state index in [0.717, 1.165) is 6.07 Å². The Bertz CT molecular complexity index is 553. The topological polar surface area (TPSA) is 113 Å². The maximum atomic E-state index is 11.2. The minimum absolute atomic E-state index is 0.0300. The summed E-state index contributed by atoms with van der Waals surface area (Å²) in [5.74, 6) is 0.0300. The lowest BCUT2D eigenvalue weighted by molar-refractivity contribution is -0.386. The Hall–Kier alpha value is -1.67. The van der Waals surface area contributed by atoms with Gasteiger partial charge in [-0.15, -0.1) is 0 Å². The molecule has 0 aliphatic heterocycles. The molecule has 94 valence electrons. The number of hydrogen-bond acceptors (Lipinski definition) is 5. The number of hydrogen-bond donors (Lipinski definition) is 1. The highest BCUT2D eigenvalue weighted by atomic mass is 32.2. The number of sulfonamides is 1. The molecule has 17 heavy (non-hydrogen) atoms. The van der Waals surface area contributed by atoms with Gasteiger partial charge in [-0.1, -0.05) is 0 Å². The number of aryl methyl sites for hydroxylation is 1. The van der Waals surface area contributed by atoms with Crippen LogP contribution in [0.2, 0.25) is 0 Å². The van der Waals surface area contributed by atoms with Crippen LogP contribution in [0.3, 0.4) is 0 Å². The van der Waals surface area contributed by atoms with E-state index in [1.54, 1.807) is 6.92 Å². The molecule has 0 spiro atoms. The van der Waals surface area contributed by atoms with Gasteiger partial charge in [-0.3, -0.25) is 10.1 Å². The van der Waals surface area contributed by atoms with E-state index in [4.69, 9.17) is 9.88 Å². The quantitative estimate of drug-likeness (QED) is 0.639. The molecule has 0 amide bonds. The van der Waals surface area contributed by atoms with Gasteiger partial charge in [-0.2, -0.15) is 0 Å². The zero-order valence-electron chi connectivity index (χ0n) is 9.34. The zero-order valence-corrected chi connectivity index (χ0v) is 10.2. The molecule has 0 bridgehead atoms. The fourth-order valence-electron chi connectivity index (χ4n) is 1.37. The molecule has 0 saturated heterocycles. The van der Waals surface area contributed by atoms with Gasteiger partial charge >= 0.3 is 5.69 Å². The largest absolute Gasteiger partial charge is 0.487 e. The van der Waals surface area contributed by atoms with Gasteiger partial charge < -0.3 is 4.74 Å². The van der Waals surface area contributed by atoms with Crippen LogP contribution >= 0.6 is 0 Å². The standard InChI is InChI=1S/C9H12N2O5S/c1-3-16-8-4-6(2)9(17(10,14)15)5-7(8)11(12)13/h4-5H,3H2,1-2H3,(H2,10,14,15). The van der Waals surface area contributed by atoms with Crippen LogP contribution < -0.4 is 9.88 Å². The number of primary sulfonamides is 1. The number of ether oxygens (including phenoxy) is 1. The summed E-state index contributed by atoms with van der Waals surface area (Å²) in [4.78, 5) is 9.80. The van der Waals surface area contributed by atoms with E-state index in [9.17, 15) is 18.5 Å². The van der Waals surface area contributed by atoms with Crippen molar-refractivity contribution >= 4 is 15.7 Å². The van der Waals surface area contributed by atoms with Crippen LogP contribution in [0.25, 0.3) is 0 Å². The third-order valence-electron chi connectivity index (χ3n) is 2.06. The van der Waals surface area contributed by atoms with Crippen LogP contribution in [0.15, 0.2) is 17.0 Å². The van der Waals surface area contributed by atoms with E-state index in [1.165, 1.54) is 13.0 Å². The van der Waals surface area contributed by atoms with Gasteiger partial charge in [-0.05, 0) is 25.5 Å². The predicted octanol–water partition coefficient (Wildman–Crippen LogP) is 0.949. The molecule has 0 aliphatic rings. The zero-order chi connectivity index (χ0) is 13.2. The summed E-state index contributed by atoms with van der Waals surface area (Å²) < 4.78 is 27.5. The smallest absolute Gasteiger partial charge is 0.312 e. The summed E-state index contributed by atoms with van der Waals surface area (Å²) in [6.45, 7) is 3.41. The number of nitro groups is 1. The van der Waals surface area contributed by atoms with Gasteiger partial charge in [0.1, 0.15) is 0 Å². The van der Waals surface area contributed by atoms with Crippen LogP contribution in [0, 0.1) is 17.0 Å². The van der Waals surface area contributed by atoms with Crippen molar-refractivity contribution in [2.45, 2.75) is 18.7 Å². The number of nitrogens with zero attached hydrogens (tertiary/aromatic N) is 1. The summed E-state index contributed by atoms with van der Waals surface area (Å²) in [5, 5.41) is 15.7. The van der Waals surface area contributed by atoms with Gasteiger partial charge in [0.05, 0.1) is 16.4 Å². The highest BCUT2D eigenvalue weighted by Crippen LogP contribution is 2.31. The summed E-state index contributed by atoms with van der Waals surface area (Å²) in [7, 11) is -3.98. The number of benzene rings is 1. The minimum atomic E-state index is -3.98. The van der Waals surface area contributed by atoms with Crippen molar-refractivity contribution in [1.82, 2.24) is 0 Å². The molecule has 0 atom stereocenters. The molecule has 0 unspecified atom stereocenters. The Morgan fingerprint density at radius 2 is 2.06 bits per heavy atom. The lowest BCUT2D eigenvalue weighted by atomic mass is 10.2. The fourth-order valence-corrected chi connectivity index (χ4v) is 2.15. The molecule has 1 aromatic carbocycles. The van der Waals surface area contributed by atoms with Gasteiger partial charge in [0.15, 0.2) is 5.75 Å². The molecule has 0 saturated carbocycles. The second kappa shape index (κ2) is 4.68. The Kier molecular flexibility index (Phi) is 3.69. The second-order valence-electron chi connectivity index (χ2n) is 3.32. The predicted molar refractivity (Wildman–Crippen MR) is 60.4 cm³/mol. The fraction of sp³-hybridized carbons (Fsp3) is 0.333. The van der Waals surface area contributed by atoms with Crippen molar-refractivity contribution in [2.75, 3.05) is 6.61 Å². The van der Waals surface area contributed by atoms with E-state index in [2.05, 4.69) is 0 Å². The van der Waals surface area contributed by atoms with Crippen LogP contribution in [-0.4, -0.2) is 19.9 Å². The highest BCUT2D eigenvalue weighted by molar-refractivity contribution is 7.89. The van der Waals surface area contributed by atoms with E-state index in [1.807, 2.05) is 0 Å². The first kappa shape index (κ1) is 13.4. The van der Waals surface area contributed by atoms with E-state index in [-0.39, 0.29) is 17.3 Å². The summed E-state index contributed by atoms with van der Waals surface area (Å²) in [5.41, 5.74) is -0.108. The highest BCUT2D eigenvalue weighted by Gasteiger charge is 2.22. The van der Waals surface area contributed by atoms with Crippen molar-refractivity contribution in [3.8, 4) is 5.75 Å². The van der Waals surface area contributed by atoms with Crippen LogP contribution in [0.4, 0.5) is 5.69 Å². The molecule has 0 heterocycles. The average molecular weight is 260 g/mol. The van der Waals surface area contributed by atoms with E-state index >= 15 is 0 Å². The summed E-state index contributed by atoms with van der Waals surface area (Å²) in [6, 6.07) is 2.21. The SMILES string of the molecule is CCOc1cc(C)c(S(N)(=O)=O)cc1[N+](=O)[O-]. The molecule has 7 nitrogen and oxygen atoms in total. The Morgan fingerprint density at radius 1 is 1.47 bits per heavy atom. The van der Waals surface area contributed by atoms with Gasteiger partial charge in [0, 0.05) is 6.07 Å². The van der Waals surface area contributed by atoms with Gasteiger partial charge in [0.2, 0.25) is 10.0 Å². The maximum Gasteiger partial charge on any atom is 0.312 e. The molecule has 0 aromatic heterocycles. The second-order valence-corrected chi connectivity index (χ2v) is 4.85. The molecular weight excluding hydrogens is 248 g/mol. The molecule has 2 N–H and O–H groups in total. The first-order valence-electron chi connectivity index (χ1n) is 4.72. The third kappa shape index (κ3) is 2.92. The maximum absolute atomic E-state index is 11.2. The van der Waals surface area contributed by atoms with Crippen molar-refractivity contribution in [3.05, 3.63) is 27.8 Å². The molecule has 0 aliphatic carbocycles. The number of nitro benzene ring substituents is 1. The molecule has 1 rings (SSSR count). The minimum Gasteiger partial charge on any atom is -0.487 e. The third-order valence-corrected chi connectivity index (χ3v) is 3.11. The normalized spacial score (nSPS) is 11.2. The van der Waals surface area contributed by atoms with Crippen molar-refractivity contribution in [2.24, 2.45) is 5.14 Å². The van der Waals surface area contributed by atoms with Gasteiger partial charge in [0.25, 0.3) is 0 Å². The van der Waals surface area contributed by atoms with Crippen LogP contribution in [0.1, 0.15) is 12.5 Å². The molecule has 0 radical (unpaired) electrons. The lowest BCUT2D eigenvalue weighted by Crippen LogP contribution is -2.14. The first-order chi connectivity index (χ1) is 7.77. The van der Waals surface area contributed by atoms with E-state index in [0.29, 0.717) is 5.56 Å².